The molecule has 0 unspecified atom stereocenters. The summed E-state index contributed by atoms with van der Waals surface area (Å²) in [4.78, 5) is 24.0. The van der Waals surface area contributed by atoms with Crippen LogP contribution in [0.2, 0.25) is 0 Å². The first-order chi connectivity index (χ1) is 13.7. The number of H-pyrrole nitrogens is 1. The maximum absolute atomic E-state index is 12.9. The second-order valence-corrected chi connectivity index (χ2v) is 8.28. The summed E-state index contributed by atoms with van der Waals surface area (Å²) in [6.45, 7) is 2.73. The Morgan fingerprint density at radius 2 is 1.93 bits per heavy atom. The molecule has 6 heteroatoms. The molecule has 1 aliphatic rings. The number of nitrogens with one attached hydrogen (secondary N) is 2. The van der Waals surface area contributed by atoms with Gasteiger partial charge in [-0.2, -0.15) is 0 Å². The molecule has 3 aromatic rings. The average molecular weight is 395 g/mol. The highest BCUT2D eigenvalue weighted by molar-refractivity contribution is 7.98. The number of rotatable bonds is 6. The molecule has 0 spiro atoms. The SMILES string of the molecule is Cc1ccc(SNC(=O)N(CCc2nc3ccccc3[nH]2)C2CCCC2)cc1. The van der Waals surface area contributed by atoms with E-state index < -0.39 is 0 Å². The minimum absolute atomic E-state index is 0.00594. The number of carbonyl (C=O) groups excluding carboxylic acids is 1. The van der Waals surface area contributed by atoms with E-state index in [1.165, 1.54) is 30.4 Å². The van der Waals surface area contributed by atoms with Crippen molar-refractivity contribution < 1.29 is 4.79 Å². The third-order valence-electron chi connectivity index (χ3n) is 5.33. The quantitative estimate of drug-likeness (QED) is 0.574. The van der Waals surface area contributed by atoms with Gasteiger partial charge in [-0.1, -0.05) is 42.7 Å². The molecule has 28 heavy (non-hydrogen) atoms. The summed E-state index contributed by atoms with van der Waals surface area (Å²) in [5, 5.41) is 0. The zero-order valence-corrected chi connectivity index (χ0v) is 17.0. The van der Waals surface area contributed by atoms with Crippen molar-refractivity contribution in [2.24, 2.45) is 0 Å². The van der Waals surface area contributed by atoms with Crippen LogP contribution in [0.4, 0.5) is 4.79 Å². The lowest BCUT2D eigenvalue weighted by atomic mass is 10.2. The van der Waals surface area contributed by atoms with Crippen LogP contribution in [0, 0.1) is 6.92 Å². The molecule has 5 nitrogen and oxygen atoms in total. The van der Waals surface area contributed by atoms with Gasteiger partial charge in [0.25, 0.3) is 0 Å². The molecule has 2 amide bonds. The number of fused-ring (bicyclic) bond motifs is 1. The Labute approximate surface area is 170 Å². The lowest BCUT2D eigenvalue weighted by Crippen LogP contribution is -2.44. The molecule has 2 N–H and O–H groups in total. The fourth-order valence-corrected chi connectivity index (χ4v) is 4.38. The second-order valence-electron chi connectivity index (χ2n) is 7.40. The molecular formula is C22H26N4OS. The molecule has 1 aliphatic carbocycles. The van der Waals surface area contributed by atoms with E-state index in [0.29, 0.717) is 12.6 Å². The van der Waals surface area contributed by atoms with Gasteiger partial charge in [-0.3, -0.25) is 4.72 Å². The zero-order valence-electron chi connectivity index (χ0n) is 16.1. The van der Waals surface area contributed by atoms with E-state index >= 15 is 0 Å². The lowest BCUT2D eigenvalue weighted by molar-refractivity contribution is 0.182. The Kier molecular flexibility index (Phi) is 5.86. The Balaban J connectivity index is 1.40. The van der Waals surface area contributed by atoms with Gasteiger partial charge in [0.15, 0.2) is 0 Å². The number of para-hydroxylation sites is 2. The van der Waals surface area contributed by atoms with Crippen molar-refractivity contribution in [2.75, 3.05) is 6.54 Å². The monoisotopic (exact) mass is 394 g/mol. The van der Waals surface area contributed by atoms with E-state index in [1.807, 2.05) is 41.3 Å². The predicted octanol–water partition coefficient (Wildman–Crippen LogP) is 5.08. The van der Waals surface area contributed by atoms with Crippen molar-refractivity contribution >= 4 is 29.0 Å². The summed E-state index contributed by atoms with van der Waals surface area (Å²) < 4.78 is 3.03. The van der Waals surface area contributed by atoms with Gasteiger partial charge in [0.1, 0.15) is 5.82 Å². The highest BCUT2D eigenvalue weighted by Gasteiger charge is 2.26. The normalized spacial score (nSPS) is 14.5. The summed E-state index contributed by atoms with van der Waals surface area (Å²) >= 11 is 1.39. The molecule has 1 heterocycles. The smallest absolute Gasteiger partial charge is 0.327 e. The highest BCUT2D eigenvalue weighted by Crippen LogP contribution is 2.25. The number of nitrogens with zero attached hydrogens (tertiary/aromatic N) is 2. The molecule has 1 fully saturated rings. The molecule has 0 radical (unpaired) electrons. The minimum atomic E-state index is -0.00594. The van der Waals surface area contributed by atoms with Crippen molar-refractivity contribution in [3.05, 3.63) is 59.9 Å². The number of aromatic amines is 1. The number of aryl methyl sites for hydroxylation is 1. The standard InChI is InChI=1S/C22H26N4OS/c1-16-10-12-18(13-11-16)28-25-22(27)26(17-6-2-3-7-17)15-14-21-23-19-8-4-5-9-20(19)24-21/h4-5,8-13,17H,2-3,6-7,14-15H2,1H3,(H,23,24)(H,25,27). The molecule has 4 rings (SSSR count). The number of hydrogen-bond donors (Lipinski definition) is 2. The first-order valence-corrected chi connectivity index (χ1v) is 10.7. The molecule has 0 bridgehead atoms. The van der Waals surface area contributed by atoms with E-state index in [4.69, 9.17) is 0 Å². The van der Waals surface area contributed by atoms with Crippen LogP contribution in [0.5, 0.6) is 0 Å². The summed E-state index contributed by atoms with van der Waals surface area (Å²) in [6, 6.07) is 16.6. The van der Waals surface area contributed by atoms with Crippen LogP contribution in [0.25, 0.3) is 11.0 Å². The van der Waals surface area contributed by atoms with Gasteiger partial charge in [-0.25, -0.2) is 9.78 Å². The Morgan fingerprint density at radius 1 is 1.18 bits per heavy atom. The Hall–Kier alpha value is -2.47. The van der Waals surface area contributed by atoms with Crippen molar-refractivity contribution in [3.8, 4) is 0 Å². The third kappa shape index (κ3) is 4.50. The van der Waals surface area contributed by atoms with Crippen LogP contribution in [-0.2, 0) is 6.42 Å². The van der Waals surface area contributed by atoms with Crippen LogP contribution in [0.1, 0.15) is 37.1 Å². The molecule has 2 aromatic carbocycles. The molecule has 1 aromatic heterocycles. The van der Waals surface area contributed by atoms with E-state index in [2.05, 4.69) is 33.7 Å². The van der Waals surface area contributed by atoms with E-state index in [1.54, 1.807) is 0 Å². The highest BCUT2D eigenvalue weighted by atomic mass is 32.2. The Bertz CT molecular complexity index is 898. The second kappa shape index (κ2) is 8.69. The van der Waals surface area contributed by atoms with Crippen molar-refractivity contribution in [2.45, 2.75) is 50.0 Å². The number of urea groups is 1. The maximum Gasteiger partial charge on any atom is 0.327 e. The molecule has 1 saturated carbocycles. The number of aromatic nitrogens is 2. The van der Waals surface area contributed by atoms with E-state index in [0.717, 1.165) is 41.0 Å². The largest absolute Gasteiger partial charge is 0.342 e. The van der Waals surface area contributed by atoms with Crippen LogP contribution >= 0.6 is 11.9 Å². The molecule has 0 saturated heterocycles. The first kappa shape index (κ1) is 18.9. The first-order valence-electron chi connectivity index (χ1n) is 9.93. The Morgan fingerprint density at radius 3 is 2.68 bits per heavy atom. The zero-order chi connectivity index (χ0) is 19.3. The van der Waals surface area contributed by atoms with E-state index in [9.17, 15) is 4.79 Å². The fraction of sp³-hybridized carbons (Fsp3) is 0.364. The van der Waals surface area contributed by atoms with Crippen molar-refractivity contribution in [3.63, 3.8) is 0 Å². The topological polar surface area (TPSA) is 61.0 Å². The number of benzene rings is 2. The average Bonchev–Trinajstić information content (AvgIpc) is 3.37. The number of imidazole rings is 1. The van der Waals surface area contributed by atoms with Crippen LogP contribution in [0.15, 0.2) is 53.4 Å². The number of carbonyl (C=O) groups is 1. The van der Waals surface area contributed by atoms with E-state index in [-0.39, 0.29) is 6.03 Å². The van der Waals surface area contributed by atoms with Crippen molar-refractivity contribution in [1.82, 2.24) is 19.6 Å². The summed E-state index contributed by atoms with van der Waals surface area (Å²) in [5.41, 5.74) is 3.24. The molecular weight excluding hydrogens is 368 g/mol. The van der Waals surface area contributed by atoms with Crippen LogP contribution in [-0.4, -0.2) is 33.5 Å². The van der Waals surface area contributed by atoms with Gasteiger partial charge in [0.2, 0.25) is 0 Å². The van der Waals surface area contributed by atoms with Crippen LogP contribution in [0.3, 0.4) is 0 Å². The van der Waals surface area contributed by atoms with Gasteiger partial charge in [0.05, 0.1) is 11.0 Å². The van der Waals surface area contributed by atoms with Gasteiger partial charge in [-0.05, 0) is 56.0 Å². The minimum Gasteiger partial charge on any atom is -0.342 e. The summed E-state index contributed by atoms with van der Waals surface area (Å²) in [6.07, 6.45) is 5.30. The molecule has 146 valence electrons. The molecule has 0 aliphatic heterocycles. The predicted molar refractivity (Wildman–Crippen MR) is 114 cm³/mol. The number of amides is 2. The maximum atomic E-state index is 12.9. The molecule has 0 atom stereocenters. The summed E-state index contributed by atoms with van der Waals surface area (Å²) in [5.74, 6) is 0.934. The van der Waals surface area contributed by atoms with Gasteiger partial charge >= 0.3 is 6.03 Å². The lowest BCUT2D eigenvalue weighted by Gasteiger charge is -2.28. The van der Waals surface area contributed by atoms with Gasteiger partial charge < -0.3 is 9.88 Å². The summed E-state index contributed by atoms with van der Waals surface area (Å²) in [7, 11) is 0. The van der Waals surface area contributed by atoms with Gasteiger partial charge in [0, 0.05) is 23.9 Å². The van der Waals surface area contributed by atoms with Crippen LogP contribution < -0.4 is 4.72 Å². The third-order valence-corrected chi connectivity index (χ3v) is 6.12. The van der Waals surface area contributed by atoms with Gasteiger partial charge in [-0.15, -0.1) is 0 Å². The fourth-order valence-electron chi connectivity index (χ4n) is 3.78. The van der Waals surface area contributed by atoms with Crippen molar-refractivity contribution in [1.29, 1.82) is 0 Å². The number of hydrogen-bond acceptors (Lipinski definition) is 3.